The summed E-state index contributed by atoms with van der Waals surface area (Å²) in [4.78, 5) is 13.3. The lowest BCUT2D eigenvalue weighted by atomic mass is 9.74. The molecule has 1 unspecified atom stereocenters. The molecule has 0 amide bonds. The highest BCUT2D eigenvalue weighted by molar-refractivity contribution is 5.69. The average Bonchev–Trinajstić information content (AvgIpc) is 3.31. The number of rotatable bonds is 8. The Morgan fingerprint density at radius 2 is 1.78 bits per heavy atom. The van der Waals surface area contributed by atoms with Crippen LogP contribution in [0.2, 0.25) is 0 Å². The highest BCUT2D eigenvalue weighted by Crippen LogP contribution is 2.46. The van der Waals surface area contributed by atoms with Crippen LogP contribution >= 0.6 is 0 Å². The Kier molecular flexibility index (Phi) is 8.42. The maximum absolute atomic E-state index is 14.1. The molecule has 1 aliphatic heterocycles. The molecular formula is C34H34F3NO3. The number of aryl methyl sites for hydroxylation is 1. The number of carboxylic acid groups (broad SMARTS) is 1. The number of halogens is 3. The van der Waals surface area contributed by atoms with Gasteiger partial charge in [0.05, 0.1) is 17.9 Å². The Bertz CT molecular complexity index is 1440. The molecule has 5 rings (SSSR count). The van der Waals surface area contributed by atoms with E-state index in [9.17, 15) is 18.0 Å². The predicted octanol–water partition coefficient (Wildman–Crippen LogP) is 7.35. The molecular weight excluding hydrogens is 527 g/mol. The van der Waals surface area contributed by atoms with Crippen LogP contribution in [-0.2, 0) is 36.0 Å². The van der Waals surface area contributed by atoms with E-state index in [1.165, 1.54) is 17.2 Å². The molecule has 7 heteroatoms. The zero-order valence-corrected chi connectivity index (χ0v) is 23.1. The van der Waals surface area contributed by atoms with Gasteiger partial charge in [-0.25, -0.2) is 0 Å². The molecule has 1 saturated heterocycles. The van der Waals surface area contributed by atoms with Crippen molar-refractivity contribution in [1.29, 1.82) is 0 Å². The van der Waals surface area contributed by atoms with Crippen molar-refractivity contribution in [1.82, 2.24) is 4.90 Å². The van der Waals surface area contributed by atoms with E-state index in [1.807, 2.05) is 0 Å². The third-order valence-electron chi connectivity index (χ3n) is 8.53. The molecule has 0 radical (unpaired) electrons. The number of nitrogens with zero attached hydrogens (tertiary/aromatic N) is 1. The Hall–Kier alpha value is -3.76. The van der Waals surface area contributed by atoms with Gasteiger partial charge in [-0.2, -0.15) is 13.2 Å². The summed E-state index contributed by atoms with van der Waals surface area (Å²) in [6.45, 7) is 3.48. The van der Waals surface area contributed by atoms with Crippen LogP contribution in [0.15, 0.2) is 66.7 Å². The second-order valence-electron chi connectivity index (χ2n) is 11.1. The first-order valence-corrected chi connectivity index (χ1v) is 14.0. The first-order chi connectivity index (χ1) is 19.7. The van der Waals surface area contributed by atoms with Crippen molar-refractivity contribution in [2.24, 2.45) is 0 Å². The van der Waals surface area contributed by atoms with Crippen LogP contribution in [0.5, 0.6) is 5.75 Å². The fraction of sp³-hybridized carbons (Fsp3) is 0.382. The van der Waals surface area contributed by atoms with Crippen molar-refractivity contribution in [3.63, 3.8) is 0 Å². The molecule has 3 aromatic rings. The number of hydrogen-bond acceptors (Lipinski definition) is 3. The molecule has 0 bridgehead atoms. The Morgan fingerprint density at radius 1 is 1.05 bits per heavy atom. The second-order valence-corrected chi connectivity index (χ2v) is 11.1. The summed E-state index contributed by atoms with van der Waals surface area (Å²) in [5.74, 6) is 4.76. The first-order valence-electron chi connectivity index (χ1n) is 14.0. The van der Waals surface area contributed by atoms with Crippen LogP contribution in [0, 0.1) is 11.8 Å². The lowest BCUT2D eigenvalue weighted by Crippen LogP contribution is -2.41. The summed E-state index contributed by atoms with van der Waals surface area (Å²) in [6.07, 6.45) is -0.425. The number of benzene rings is 3. The van der Waals surface area contributed by atoms with Crippen LogP contribution in [0.3, 0.4) is 0 Å². The number of aliphatic carboxylic acids is 1. The molecule has 1 fully saturated rings. The highest BCUT2D eigenvalue weighted by Gasteiger charge is 2.41. The van der Waals surface area contributed by atoms with E-state index in [1.54, 1.807) is 43.3 Å². The highest BCUT2D eigenvalue weighted by atomic mass is 19.4. The molecule has 1 heterocycles. The average molecular weight is 562 g/mol. The number of ether oxygens (including phenoxy) is 1. The topological polar surface area (TPSA) is 49.8 Å². The lowest BCUT2D eigenvalue weighted by molar-refractivity contribution is -0.139. The van der Waals surface area contributed by atoms with E-state index in [2.05, 4.69) is 41.0 Å². The van der Waals surface area contributed by atoms with Crippen LogP contribution in [0.1, 0.15) is 71.9 Å². The molecule has 1 spiro atoms. The second kappa shape index (κ2) is 12.0. The number of carbonyl (C=O) groups is 1. The molecule has 4 nitrogen and oxygen atoms in total. The molecule has 1 atom stereocenters. The fourth-order valence-electron chi connectivity index (χ4n) is 6.34. The van der Waals surface area contributed by atoms with E-state index in [-0.39, 0.29) is 30.6 Å². The molecule has 1 aliphatic carbocycles. The van der Waals surface area contributed by atoms with Crippen molar-refractivity contribution in [2.45, 2.75) is 69.7 Å². The van der Waals surface area contributed by atoms with E-state index >= 15 is 0 Å². The van der Waals surface area contributed by atoms with Gasteiger partial charge in [-0.1, -0.05) is 54.5 Å². The third-order valence-corrected chi connectivity index (χ3v) is 8.53. The Morgan fingerprint density at radius 3 is 2.46 bits per heavy atom. The fourth-order valence-corrected chi connectivity index (χ4v) is 6.34. The molecule has 3 aromatic carbocycles. The molecule has 0 saturated carbocycles. The molecule has 214 valence electrons. The minimum Gasteiger partial charge on any atom is -0.489 e. The van der Waals surface area contributed by atoms with Gasteiger partial charge in [0.2, 0.25) is 0 Å². The Labute approximate surface area is 239 Å². The van der Waals surface area contributed by atoms with E-state index in [0.29, 0.717) is 11.3 Å². The zero-order valence-electron chi connectivity index (χ0n) is 23.1. The SMILES string of the molecule is CC#CC(CC(=O)O)c1ccc(OCc2ccc(CN3CCC4(CCc5ccccc54)CC3)c(C(F)(F)F)c2)cc1. The monoisotopic (exact) mass is 561 g/mol. The summed E-state index contributed by atoms with van der Waals surface area (Å²) >= 11 is 0. The van der Waals surface area contributed by atoms with Crippen LogP contribution < -0.4 is 4.74 Å². The summed E-state index contributed by atoms with van der Waals surface area (Å²) in [6, 6.07) is 19.9. The summed E-state index contributed by atoms with van der Waals surface area (Å²) in [7, 11) is 0. The van der Waals surface area contributed by atoms with Crippen molar-refractivity contribution >= 4 is 5.97 Å². The number of fused-ring (bicyclic) bond motifs is 2. The van der Waals surface area contributed by atoms with Crippen LogP contribution in [-0.4, -0.2) is 29.1 Å². The standard InChI is InChI=1S/C34H34F3NO3/c1-2-5-27(21-32(39)40)25-10-12-29(13-11-25)41-23-24-8-9-28(31(20-24)34(35,36)37)22-38-18-16-33(17-19-38)15-14-26-6-3-4-7-30(26)33/h3-4,6-13,20,27H,14-19,21-23H2,1H3,(H,39,40). The van der Waals surface area contributed by atoms with E-state index < -0.39 is 23.6 Å². The van der Waals surface area contributed by atoms with Gasteiger partial charge in [0, 0.05) is 6.54 Å². The largest absolute Gasteiger partial charge is 0.489 e. The normalized spacial score (nSPS) is 17.0. The summed E-state index contributed by atoms with van der Waals surface area (Å²) in [5.41, 5.74) is 3.88. The van der Waals surface area contributed by atoms with Crippen molar-refractivity contribution < 1.29 is 27.8 Å². The number of hydrogen-bond donors (Lipinski definition) is 1. The van der Waals surface area contributed by atoms with Gasteiger partial charge in [0.25, 0.3) is 0 Å². The van der Waals surface area contributed by atoms with E-state index in [0.717, 1.165) is 44.3 Å². The number of piperidine rings is 1. The van der Waals surface area contributed by atoms with Gasteiger partial charge >= 0.3 is 12.1 Å². The molecule has 2 aliphatic rings. The van der Waals surface area contributed by atoms with Gasteiger partial charge in [-0.05, 0) is 97.1 Å². The number of likely N-dealkylation sites (tertiary alicyclic amines) is 1. The lowest BCUT2D eigenvalue weighted by Gasteiger charge is -2.40. The van der Waals surface area contributed by atoms with Crippen molar-refractivity contribution in [3.05, 3.63) is 100 Å². The van der Waals surface area contributed by atoms with Gasteiger partial charge in [-0.3, -0.25) is 9.69 Å². The molecule has 1 N–H and O–H groups in total. The predicted molar refractivity (Wildman–Crippen MR) is 152 cm³/mol. The number of carboxylic acids is 1. The van der Waals surface area contributed by atoms with Crippen LogP contribution in [0.25, 0.3) is 0 Å². The van der Waals surface area contributed by atoms with Crippen LogP contribution in [0.4, 0.5) is 13.2 Å². The maximum atomic E-state index is 14.1. The maximum Gasteiger partial charge on any atom is 0.416 e. The summed E-state index contributed by atoms with van der Waals surface area (Å²) < 4.78 is 48.1. The van der Waals surface area contributed by atoms with Gasteiger partial charge in [0.1, 0.15) is 12.4 Å². The minimum atomic E-state index is -4.46. The minimum absolute atomic E-state index is 0.0122. The molecule has 0 aromatic heterocycles. The zero-order chi connectivity index (χ0) is 29.0. The van der Waals surface area contributed by atoms with E-state index in [4.69, 9.17) is 9.84 Å². The smallest absolute Gasteiger partial charge is 0.416 e. The van der Waals surface area contributed by atoms with Gasteiger partial charge in [0.15, 0.2) is 0 Å². The van der Waals surface area contributed by atoms with Crippen molar-refractivity contribution in [2.75, 3.05) is 13.1 Å². The third kappa shape index (κ3) is 6.60. The Balaban J connectivity index is 1.23. The number of alkyl halides is 3. The van der Waals surface area contributed by atoms with Gasteiger partial charge < -0.3 is 9.84 Å². The first kappa shape index (κ1) is 28.8. The molecule has 41 heavy (non-hydrogen) atoms. The summed E-state index contributed by atoms with van der Waals surface area (Å²) in [5, 5.41) is 9.13. The van der Waals surface area contributed by atoms with Gasteiger partial charge in [-0.15, -0.1) is 5.92 Å². The quantitative estimate of drug-likeness (QED) is 0.292. The van der Waals surface area contributed by atoms with Crippen molar-refractivity contribution in [3.8, 4) is 17.6 Å².